The highest BCUT2D eigenvalue weighted by molar-refractivity contribution is 5.97. The van der Waals surface area contributed by atoms with Crippen LogP contribution >= 0.6 is 0 Å². The molecule has 3 rings (SSSR count). The van der Waals surface area contributed by atoms with Gasteiger partial charge in [0, 0.05) is 12.1 Å². The van der Waals surface area contributed by atoms with Gasteiger partial charge in [0.1, 0.15) is 11.6 Å². The quantitative estimate of drug-likeness (QED) is 0.530. The molecule has 140 valence electrons. The molecule has 0 aliphatic carbocycles. The lowest BCUT2D eigenvalue weighted by Gasteiger charge is -2.04. The molecule has 27 heavy (non-hydrogen) atoms. The molecule has 6 nitrogen and oxygen atoms in total. The van der Waals surface area contributed by atoms with Crippen molar-refractivity contribution >= 4 is 23.2 Å². The first-order valence-corrected chi connectivity index (χ1v) is 8.33. The number of amides is 1. The Hall–Kier alpha value is -3.29. The maximum atomic E-state index is 12.3. The van der Waals surface area contributed by atoms with Crippen LogP contribution in [0.3, 0.4) is 0 Å². The number of aryl methyl sites for hydroxylation is 2. The molecule has 0 aliphatic heterocycles. The summed E-state index contributed by atoms with van der Waals surface area (Å²) >= 11 is 0. The van der Waals surface area contributed by atoms with Gasteiger partial charge in [0.2, 0.25) is 0 Å². The first-order valence-electron chi connectivity index (χ1n) is 8.33. The first kappa shape index (κ1) is 18.5. The zero-order chi connectivity index (χ0) is 19.4. The normalized spacial score (nSPS) is 11.4. The summed E-state index contributed by atoms with van der Waals surface area (Å²) in [5.41, 5.74) is 5.24. The minimum atomic E-state index is -2.87. The summed E-state index contributed by atoms with van der Waals surface area (Å²) in [6.07, 6.45) is 1.42. The Balaban J connectivity index is 1.66. The van der Waals surface area contributed by atoms with E-state index in [1.165, 1.54) is 18.3 Å². The van der Waals surface area contributed by atoms with Crippen molar-refractivity contribution in [2.45, 2.75) is 27.0 Å². The van der Waals surface area contributed by atoms with E-state index >= 15 is 0 Å². The van der Waals surface area contributed by atoms with Crippen LogP contribution in [0, 0.1) is 6.92 Å². The van der Waals surface area contributed by atoms with E-state index in [-0.39, 0.29) is 11.7 Å². The topological polar surface area (TPSA) is 68.5 Å². The number of fused-ring (bicyclic) bond motifs is 1. The molecule has 0 atom stereocenters. The SMILES string of the molecule is CCn1c(C)nc2cc(C(=O)NN=Cc3ccc(OC(F)F)cc3)ccc21. The third-order valence-electron chi connectivity index (χ3n) is 4.00. The maximum absolute atomic E-state index is 12.3. The molecule has 2 aromatic carbocycles. The van der Waals surface area contributed by atoms with Crippen LogP contribution in [0.5, 0.6) is 5.75 Å². The molecule has 1 N–H and O–H groups in total. The van der Waals surface area contributed by atoms with Crippen molar-refractivity contribution in [3.63, 3.8) is 0 Å². The Labute approximate surface area is 154 Å². The number of aromatic nitrogens is 2. The van der Waals surface area contributed by atoms with E-state index < -0.39 is 6.61 Å². The second-order valence-electron chi connectivity index (χ2n) is 5.75. The summed E-state index contributed by atoms with van der Waals surface area (Å²) in [5, 5.41) is 3.89. The van der Waals surface area contributed by atoms with Gasteiger partial charge in [0.15, 0.2) is 0 Å². The molecule has 0 unspecified atom stereocenters. The number of nitrogens with one attached hydrogen (secondary N) is 1. The van der Waals surface area contributed by atoms with E-state index in [0.29, 0.717) is 11.1 Å². The van der Waals surface area contributed by atoms with Crippen LogP contribution in [0.15, 0.2) is 47.6 Å². The number of halogens is 2. The maximum Gasteiger partial charge on any atom is 0.387 e. The second-order valence-corrected chi connectivity index (χ2v) is 5.75. The minimum Gasteiger partial charge on any atom is -0.435 e. The highest BCUT2D eigenvalue weighted by Gasteiger charge is 2.10. The van der Waals surface area contributed by atoms with Gasteiger partial charge in [-0.15, -0.1) is 0 Å². The summed E-state index contributed by atoms with van der Waals surface area (Å²) in [7, 11) is 0. The van der Waals surface area contributed by atoms with Gasteiger partial charge in [-0.2, -0.15) is 13.9 Å². The van der Waals surface area contributed by atoms with Gasteiger partial charge in [-0.1, -0.05) is 0 Å². The number of hydrogen-bond acceptors (Lipinski definition) is 4. The molecule has 0 bridgehead atoms. The Bertz CT molecular complexity index is 981. The Kier molecular flexibility index (Phi) is 5.44. The van der Waals surface area contributed by atoms with Crippen LogP contribution in [0.2, 0.25) is 0 Å². The molecule has 0 saturated heterocycles. The predicted molar refractivity (Wildman–Crippen MR) is 98.3 cm³/mol. The summed E-state index contributed by atoms with van der Waals surface area (Å²) in [6, 6.07) is 11.2. The highest BCUT2D eigenvalue weighted by atomic mass is 19.3. The number of alkyl halides is 2. The molecular weight excluding hydrogens is 354 g/mol. The standard InChI is InChI=1S/C19H18F2N4O2/c1-3-25-12(2)23-16-10-14(6-9-17(16)25)18(26)24-22-11-13-4-7-15(8-5-13)27-19(20)21/h4-11,19H,3H2,1-2H3,(H,24,26). The van der Waals surface area contributed by atoms with E-state index in [9.17, 15) is 13.6 Å². The van der Waals surface area contributed by atoms with Crippen LogP contribution in [-0.2, 0) is 6.54 Å². The number of ether oxygens (including phenoxy) is 1. The van der Waals surface area contributed by atoms with Crippen LogP contribution in [0.1, 0.15) is 28.7 Å². The molecule has 1 heterocycles. The van der Waals surface area contributed by atoms with E-state index in [4.69, 9.17) is 0 Å². The molecule has 1 aromatic heterocycles. The minimum absolute atomic E-state index is 0.0568. The predicted octanol–water partition coefficient (Wildman–Crippen LogP) is 3.73. The average molecular weight is 372 g/mol. The van der Waals surface area contributed by atoms with Crippen molar-refractivity contribution < 1.29 is 18.3 Å². The number of nitrogens with zero attached hydrogens (tertiary/aromatic N) is 3. The lowest BCUT2D eigenvalue weighted by molar-refractivity contribution is -0.0498. The summed E-state index contributed by atoms with van der Waals surface area (Å²) in [5.74, 6) is 0.582. The summed E-state index contributed by atoms with van der Waals surface area (Å²) in [4.78, 5) is 16.7. The molecule has 0 radical (unpaired) electrons. The molecule has 0 spiro atoms. The van der Waals surface area contributed by atoms with Gasteiger partial charge >= 0.3 is 6.61 Å². The second kappa shape index (κ2) is 7.94. The van der Waals surface area contributed by atoms with Crippen LogP contribution in [-0.4, -0.2) is 28.3 Å². The van der Waals surface area contributed by atoms with Gasteiger partial charge in [0.25, 0.3) is 5.91 Å². The number of rotatable bonds is 6. The Morgan fingerprint density at radius 3 is 2.70 bits per heavy atom. The number of hydrazone groups is 1. The van der Waals surface area contributed by atoms with E-state index in [0.717, 1.165) is 23.4 Å². The molecule has 1 amide bonds. The molecule has 0 saturated carbocycles. The Morgan fingerprint density at radius 2 is 2.04 bits per heavy atom. The van der Waals surface area contributed by atoms with Gasteiger partial charge in [-0.3, -0.25) is 4.79 Å². The molecular formula is C19H18F2N4O2. The van der Waals surface area contributed by atoms with Crippen molar-refractivity contribution in [1.82, 2.24) is 15.0 Å². The number of benzene rings is 2. The lowest BCUT2D eigenvalue weighted by atomic mass is 10.2. The van der Waals surface area contributed by atoms with Gasteiger partial charge < -0.3 is 9.30 Å². The zero-order valence-electron chi connectivity index (χ0n) is 14.8. The third kappa shape index (κ3) is 4.28. The van der Waals surface area contributed by atoms with Crippen molar-refractivity contribution in [3.8, 4) is 5.75 Å². The van der Waals surface area contributed by atoms with E-state index in [1.807, 2.05) is 19.9 Å². The van der Waals surface area contributed by atoms with Crippen LogP contribution < -0.4 is 10.2 Å². The van der Waals surface area contributed by atoms with E-state index in [1.54, 1.807) is 24.3 Å². The van der Waals surface area contributed by atoms with Crippen LogP contribution in [0.4, 0.5) is 8.78 Å². The van der Waals surface area contributed by atoms with E-state index in [2.05, 4.69) is 24.8 Å². The number of carbonyl (C=O) groups is 1. The summed E-state index contributed by atoms with van der Waals surface area (Å²) < 4.78 is 30.6. The number of imidazole rings is 1. The fraction of sp³-hybridized carbons (Fsp3) is 0.211. The molecule has 0 fully saturated rings. The highest BCUT2D eigenvalue weighted by Crippen LogP contribution is 2.18. The number of carbonyl (C=O) groups excluding carboxylic acids is 1. The third-order valence-corrected chi connectivity index (χ3v) is 4.00. The van der Waals surface area contributed by atoms with Gasteiger partial charge in [-0.05, 0) is 61.9 Å². The largest absolute Gasteiger partial charge is 0.435 e. The monoisotopic (exact) mass is 372 g/mol. The van der Waals surface area contributed by atoms with Crippen molar-refractivity contribution in [2.75, 3.05) is 0 Å². The van der Waals surface area contributed by atoms with Gasteiger partial charge in [-0.25, -0.2) is 10.4 Å². The van der Waals surface area contributed by atoms with Crippen molar-refractivity contribution in [3.05, 3.63) is 59.4 Å². The lowest BCUT2D eigenvalue weighted by Crippen LogP contribution is -2.17. The first-order chi connectivity index (χ1) is 13.0. The fourth-order valence-electron chi connectivity index (χ4n) is 2.76. The fourth-order valence-corrected chi connectivity index (χ4v) is 2.76. The zero-order valence-corrected chi connectivity index (χ0v) is 14.8. The average Bonchev–Trinajstić information content (AvgIpc) is 2.96. The van der Waals surface area contributed by atoms with Crippen LogP contribution in [0.25, 0.3) is 11.0 Å². The molecule has 0 aliphatic rings. The van der Waals surface area contributed by atoms with Gasteiger partial charge in [0.05, 0.1) is 17.2 Å². The van der Waals surface area contributed by atoms with Crippen molar-refractivity contribution in [2.24, 2.45) is 5.10 Å². The smallest absolute Gasteiger partial charge is 0.387 e. The molecule has 8 heteroatoms. The van der Waals surface area contributed by atoms with Crippen molar-refractivity contribution in [1.29, 1.82) is 0 Å². The Morgan fingerprint density at radius 1 is 1.30 bits per heavy atom. The summed E-state index contributed by atoms with van der Waals surface area (Å²) in [6.45, 7) is 1.90. The molecule has 3 aromatic rings. The number of hydrogen-bond donors (Lipinski definition) is 1.